The number of rotatable bonds is 11. The van der Waals surface area contributed by atoms with Crippen molar-refractivity contribution in [2.45, 2.75) is 10.8 Å². The van der Waals surface area contributed by atoms with Gasteiger partial charge in [-0.05, 0) is 129 Å². The Balaban J connectivity index is 0.631. The van der Waals surface area contributed by atoms with E-state index in [0.29, 0.717) is 34.9 Å². The number of fused-ring (bicyclic) bond motifs is 13. The molecule has 3 aliphatic rings. The molecule has 1 spiro atoms. The largest absolute Gasteiger partial charge is 0.208 e. The minimum absolute atomic E-state index is 0.417. The van der Waals surface area contributed by atoms with E-state index in [2.05, 4.69) is 291 Å². The molecule has 6 heteroatoms. The standard InChI is InChI=1S/C92H58N6/c1-5-22-62(23-6-1)85-93-87(96-88(94-85)65-48-44-61(45-49-65)69-53-55-78-76-35-16-20-39-82(76)92(84(78)58-69)80-37-18-14-32-73(80)74-33-15-19-38-81(74)92)64-46-40-59(41-47-64)67-26-21-27-70(56-67)90-97-86(63-24-7-2-8-25-63)95-89(98-90)66-50-42-60(43-51-66)68-52-54-77-75-34-13-17-36-79(75)91(83(77)57-68,71-28-9-3-10-29-71)72-30-11-4-12-31-72/h1-58H. The molecule has 16 aromatic rings. The summed E-state index contributed by atoms with van der Waals surface area (Å²) < 4.78 is 0. The van der Waals surface area contributed by atoms with Gasteiger partial charge in [-0.2, -0.15) is 0 Å². The molecule has 19 rings (SSSR count). The predicted molar refractivity (Wildman–Crippen MR) is 396 cm³/mol. The summed E-state index contributed by atoms with van der Waals surface area (Å²) in [5, 5.41) is 0. The van der Waals surface area contributed by atoms with E-state index in [1.807, 2.05) is 60.7 Å². The van der Waals surface area contributed by atoms with E-state index in [4.69, 9.17) is 29.9 Å². The first-order valence-corrected chi connectivity index (χ1v) is 33.4. The molecule has 6 nitrogen and oxygen atoms in total. The van der Waals surface area contributed by atoms with Crippen molar-refractivity contribution in [2.75, 3.05) is 0 Å². The number of hydrogen-bond donors (Lipinski definition) is 0. The van der Waals surface area contributed by atoms with Crippen molar-refractivity contribution in [1.82, 2.24) is 29.9 Å². The molecule has 3 aliphatic carbocycles. The highest BCUT2D eigenvalue weighted by Crippen LogP contribution is 2.63. The van der Waals surface area contributed by atoms with E-state index in [9.17, 15) is 0 Å². The molecule has 0 unspecified atom stereocenters. The highest BCUT2D eigenvalue weighted by atomic mass is 15.0. The highest BCUT2D eigenvalue weighted by molar-refractivity contribution is 5.96. The summed E-state index contributed by atoms with van der Waals surface area (Å²) in [6.07, 6.45) is 0. The highest BCUT2D eigenvalue weighted by Gasteiger charge is 2.52. The molecule has 0 fully saturated rings. The van der Waals surface area contributed by atoms with Crippen LogP contribution in [-0.2, 0) is 10.8 Å². The van der Waals surface area contributed by atoms with Crippen LogP contribution in [0, 0.1) is 0 Å². The fourth-order valence-corrected chi connectivity index (χ4v) is 15.9. The van der Waals surface area contributed by atoms with E-state index in [1.165, 1.54) is 77.9 Å². The van der Waals surface area contributed by atoms with Crippen LogP contribution in [0.4, 0.5) is 0 Å². The van der Waals surface area contributed by atoms with Gasteiger partial charge in [0.05, 0.1) is 10.8 Å². The Bertz CT molecular complexity index is 5670. The lowest BCUT2D eigenvalue weighted by Crippen LogP contribution is -2.28. The molecule has 98 heavy (non-hydrogen) atoms. The Morgan fingerprint density at radius 1 is 0.143 bits per heavy atom. The van der Waals surface area contributed by atoms with Gasteiger partial charge in [-0.15, -0.1) is 0 Å². The molecule has 456 valence electrons. The van der Waals surface area contributed by atoms with E-state index in [1.54, 1.807) is 0 Å². The lowest BCUT2D eigenvalue weighted by molar-refractivity contribution is 0.769. The van der Waals surface area contributed by atoms with Gasteiger partial charge in [-0.25, -0.2) is 29.9 Å². The predicted octanol–water partition coefficient (Wildman–Crippen LogP) is 21.8. The van der Waals surface area contributed by atoms with Crippen LogP contribution in [0.5, 0.6) is 0 Å². The Hall–Kier alpha value is -12.9. The van der Waals surface area contributed by atoms with Crippen LogP contribution in [0.25, 0.3) is 135 Å². The number of benzene rings is 14. The van der Waals surface area contributed by atoms with Crippen LogP contribution < -0.4 is 0 Å². The van der Waals surface area contributed by atoms with Crippen molar-refractivity contribution >= 4 is 0 Å². The third-order valence-electron chi connectivity index (χ3n) is 20.3. The molecule has 0 bridgehead atoms. The maximum atomic E-state index is 5.24. The summed E-state index contributed by atoms with van der Waals surface area (Å²) in [6.45, 7) is 0. The Morgan fingerprint density at radius 3 is 0.745 bits per heavy atom. The number of aromatic nitrogens is 6. The zero-order valence-corrected chi connectivity index (χ0v) is 53.2. The first kappa shape index (κ1) is 56.6. The van der Waals surface area contributed by atoms with Crippen molar-refractivity contribution in [1.29, 1.82) is 0 Å². The second-order valence-electron chi connectivity index (χ2n) is 25.6. The van der Waals surface area contributed by atoms with Crippen LogP contribution in [-0.4, -0.2) is 29.9 Å². The van der Waals surface area contributed by atoms with Crippen molar-refractivity contribution in [3.05, 3.63) is 396 Å². The van der Waals surface area contributed by atoms with Gasteiger partial charge in [0.2, 0.25) is 0 Å². The molecule has 0 atom stereocenters. The molecule has 0 radical (unpaired) electrons. The van der Waals surface area contributed by atoms with Crippen LogP contribution >= 0.6 is 0 Å². The first-order valence-electron chi connectivity index (χ1n) is 33.4. The Morgan fingerprint density at radius 2 is 0.378 bits per heavy atom. The monoisotopic (exact) mass is 1250 g/mol. The molecule has 14 aromatic carbocycles. The quantitative estimate of drug-likeness (QED) is 0.128. The zero-order valence-electron chi connectivity index (χ0n) is 53.2. The van der Waals surface area contributed by atoms with Crippen molar-refractivity contribution in [2.24, 2.45) is 0 Å². The number of nitrogens with zero attached hydrogens (tertiary/aromatic N) is 6. The van der Waals surface area contributed by atoms with Gasteiger partial charge >= 0.3 is 0 Å². The van der Waals surface area contributed by atoms with E-state index in [-0.39, 0.29) is 0 Å². The SMILES string of the molecule is c1ccc(-c2nc(-c3ccc(-c4cccc(-c5nc(-c6ccccc6)nc(-c6ccc(-c7ccc8c(c7)C(c7ccccc7)(c7ccccc7)c7ccccc7-8)cc6)n5)c4)cc3)nc(-c3ccc(-c4ccc5c(c4)C4(c6ccccc6-c6ccccc64)c4ccccc4-5)cc3)n2)cc1. The lowest BCUT2D eigenvalue weighted by atomic mass is 9.67. The van der Waals surface area contributed by atoms with Gasteiger partial charge in [-0.1, -0.05) is 334 Å². The normalized spacial score (nSPS) is 13.1. The topological polar surface area (TPSA) is 77.3 Å². The van der Waals surface area contributed by atoms with Gasteiger partial charge in [0.15, 0.2) is 34.9 Å². The summed E-state index contributed by atoms with van der Waals surface area (Å²) >= 11 is 0. The van der Waals surface area contributed by atoms with Crippen molar-refractivity contribution in [3.63, 3.8) is 0 Å². The number of hydrogen-bond acceptors (Lipinski definition) is 6. The van der Waals surface area contributed by atoms with Crippen LogP contribution in [0.15, 0.2) is 352 Å². The van der Waals surface area contributed by atoms with Gasteiger partial charge in [0, 0.05) is 33.4 Å². The maximum absolute atomic E-state index is 5.24. The van der Waals surface area contributed by atoms with Gasteiger partial charge in [0.25, 0.3) is 0 Å². The molecule has 0 aliphatic heterocycles. The molecule has 2 heterocycles. The summed E-state index contributed by atoms with van der Waals surface area (Å²) in [5.41, 5.74) is 29.0. The van der Waals surface area contributed by atoms with Gasteiger partial charge in [0.1, 0.15) is 0 Å². The van der Waals surface area contributed by atoms with E-state index >= 15 is 0 Å². The first-order chi connectivity index (χ1) is 48.5. The van der Waals surface area contributed by atoms with Crippen LogP contribution in [0.1, 0.15) is 44.5 Å². The molecule has 0 saturated carbocycles. The summed E-state index contributed by atoms with van der Waals surface area (Å²) in [6, 6.07) is 126. The average molecular weight is 1250 g/mol. The molecule has 0 amide bonds. The second-order valence-corrected chi connectivity index (χ2v) is 25.6. The van der Waals surface area contributed by atoms with Crippen molar-refractivity contribution < 1.29 is 0 Å². The lowest BCUT2D eigenvalue weighted by Gasteiger charge is -2.34. The third-order valence-corrected chi connectivity index (χ3v) is 20.3. The Labute approximate surface area is 568 Å². The fraction of sp³-hybridized carbons (Fsp3) is 0.0217. The van der Waals surface area contributed by atoms with Crippen LogP contribution in [0.2, 0.25) is 0 Å². The minimum Gasteiger partial charge on any atom is -0.208 e. The van der Waals surface area contributed by atoms with Crippen LogP contribution in [0.3, 0.4) is 0 Å². The van der Waals surface area contributed by atoms with E-state index in [0.717, 1.165) is 66.8 Å². The maximum Gasteiger partial charge on any atom is 0.164 e. The summed E-state index contributed by atoms with van der Waals surface area (Å²) in [5.74, 6) is 3.57. The summed E-state index contributed by atoms with van der Waals surface area (Å²) in [7, 11) is 0. The smallest absolute Gasteiger partial charge is 0.164 e. The van der Waals surface area contributed by atoms with Gasteiger partial charge < -0.3 is 0 Å². The van der Waals surface area contributed by atoms with Gasteiger partial charge in [-0.3, -0.25) is 0 Å². The Kier molecular flexibility index (Phi) is 13.3. The van der Waals surface area contributed by atoms with E-state index < -0.39 is 10.8 Å². The third kappa shape index (κ3) is 9.03. The zero-order chi connectivity index (χ0) is 64.7. The second kappa shape index (κ2) is 22.9. The average Bonchev–Trinajstić information content (AvgIpc) is 1.51. The molecule has 0 saturated heterocycles. The molecule has 2 aromatic heterocycles. The molecular formula is C92H58N6. The van der Waals surface area contributed by atoms with Crippen molar-refractivity contribution in [3.8, 4) is 135 Å². The minimum atomic E-state index is -0.492. The summed E-state index contributed by atoms with van der Waals surface area (Å²) in [4.78, 5) is 31.0. The molecular weight excluding hydrogens is 1190 g/mol. The molecule has 0 N–H and O–H groups in total. The fourth-order valence-electron chi connectivity index (χ4n) is 15.9.